The van der Waals surface area contributed by atoms with Gasteiger partial charge in [-0.2, -0.15) is 5.10 Å². The Morgan fingerprint density at radius 1 is 1.10 bits per heavy atom. The molecule has 1 saturated heterocycles. The van der Waals surface area contributed by atoms with E-state index in [-0.39, 0.29) is 11.9 Å². The Morgan fingerprint density at radius 3 is 2.62 bits per heavy atom. The van der Waals surface area contributed by atoms with Crippen LogP contribution < -0.4 is 14.8 Å². The van der Waals surface area contributed by atoms with E-state index in [0.717, 1.165) is 29.9 Å². The number of para-hydroxylation sites is 1. The van der Waals surface area contributed by atoms with Crippen molar-refractivity contribution in [1.29, 1.82) is 0 Å². The third kappa shape index (κ3) is 6.96. The van der Waals surface area contributed by atoms with Gasteiger partial charge in [-0.25, -0.2) is 4.98 Å². The molecule has 208 valence electrons. The first-order valence-electron chi connectivity index (χ1n) is 13.3. The summed E-state index contributed by atoms with van der Waals surface area (Å²) in [4.78, 5) is 21.1. The molecule has 5 rings (SSSR count). The second-order valence-corrected chi connectivity index (χ2v) is 9.67. The lowest BCUT2D eigenvalue weighted by Gasteiger charge is -2.16. The number of nitrogens with one attached hydrogen (secondary N) is 2. The first kappa shape index (κ1) is 27.2. The van der Waals surface area contributed by atoms with E-state index < -0.39 is 0 Å². The number of anilines is 1. The van der Waals surface area contributed by atoms with Crippen molar-refractivity contribution in [3.63, 3.8) is 0 Å². The van der Waals surface area contributed by atoms with Gasteiger partial charge in [-0.1, -0.05) is 24.3 Å². The number of hydrogen-bond donors (Lipinski definition) is 2. The van der Waals surface area contributed by atoms with Crippen LogP contribution in [0.1, 0.15) is 6.42 Å². The van der Waals surface area contributed by atoms with Gasteiger partial charge in [0.2, 0.25) is 5.91 Å². The average Bonchev–Trinajstić information content (AvgIpc) is 3.62. The summed E-state index contributed by atoms with van der Waals surface area (Å²) in [5, 5.41) is 11.7. The summed E-state index contributed by atoms with van der Waals surface area (Å²) in [6, 6.07) is 19.0. The van der Waals surface area contributed by atoms with Crippen LogP contribution >= 0.6 is 0 Å². The van der Waals surface area contributed by atoms with Crippen LogP contribution in [0, 0.1) is 0 Å². The number of carbonyl (C=O) groups is 1. The molecule has 1 aliphatic rings. The molecular weight excluding hydrogens is 508 g/mol. The minimum atomic E-state index is 0.0155. The number of aromatic amines is 1. The van der Waals surface area contributed by atoms with Crippen LogP contribution in [0.5, 0.6) is 23.0 Å². The Labute approximate surface area is 233 Å². The van der Waals surface area contributed by atoms with Crippen molar-refractivity contribution in [3.8, 4) is 23.0 Å². The summed E-state index contributed by atoms with van der Waals surface area (Å²) in [5.74, 6) is 3.45. The Morgan fingerprint density at radius 2 is 1.85 bits per heavy atom. The Balaban J connectivity index is 1.20. The molecule has 2 N–H and O–H groups in total. The average molecular weight is 543 g/mol. The molecule has 2 aromatic heterocycles. The second kappa shape index (κ2) is 13.1. The zero-order valence-electron chi connectivity index (χ0n) is 22.7. The van der Waals surface area contributed by atoms with Gasteiger partial charge in [0.05, 0.1) is 6.61 Å². The molecule has 2 aromatic carbocycles. The predicted octanol–water partition coefficient (Wildman–Crippen LogP) is 4.69. The number of nitrogens with zero attached hydrogens (tertiary/aromatic N) is 4. The highest BCUT2D eigenvalue weighted by Gasteiger charge is 2.26. The predicted molar refractivity (Wildman–Crippen MR) is 154 cm³/mol. The van der Waals surface area contributed by atoms with Crippen LogP contribution in [0.3, 0.4) is 0 Å². The minimum Gasteiger partial charge on any atom is -0.457 e. The highest BCUT2D eigenvalue weighted by atomic mass is 16.5. The number of pyridine rings is 1. The minimum absolute atomic E-state index is 0.0155. The van der Waals surface area contributed by atoms with Gasteiger partial charge >= 0.3 is 0 Å². The molecule has 1 unspecified atom stereocenters. The number of carbonyl (C=O) groups excluding carboxylic acids is 1. The first-order chi connectivity index (χ1) is 19.6. The van der Waals surface area contributed by atoms with Gasteiger partial charge in [0.15, 0.2) is 11.5 Å². The number of rotatable bonds is 12. The van der Waals surface area contributed by atoms with Crippen molar-refractivity contribution in [2.45, 2.75) is 12.5 Å². The van der Waals surface area contributed by atoms with Crippen molar-refractivity contribution in [2.75, 3.05) is 52.3 Å². The van der Waals surface area contributed by atoms with E-state index in [0.29, 0.717) is 49.2 Å². The van der Waals surface area contributed by atoms with E-state index in [4.69, 9.17) is 14.2 Å². The lowest BCUT2D eigenvalue weighted by Crippen LogP contribution is -2.30. The second-order valence-electron chi connectivity index (χ2n) is 9.67. The van der Waals surface area contributed by atoms with Crippen molar-refractivity contribution in [3.05, 3.63) is 79.0 Å². The molecule has 0 bridgehead atoms. The normalized spacial score (nSPS) is 15.3. The number of fused-ring (bicyclic) bond motifs is 1. The zero-order chi connectivity index (χ0) is 27.7. The van der Waals surface area contributed by atoms with E-state index in [2.05, 4.69) is 25.4 Å². The van der Waals surface area contributed by atoms with E-state index in [9.17, 15) is 4.79 Å². The van der Waals surface area contributed by atoms with E-state index in [1.807, 2.05) is 78.7 Å². The van der Waals surface area contributed by atoms with Crippen LogP contribution in [0.2, 0.25) is 0 Å². The van der Waals surface area contributed by atoms with Crippen molar-refractivity contribution in [2.24, 2.45) is 0 Å². The van der Waals surface area contributed by atoms with Crippen LogP contribution in [0.15, 0.2) is 79.0 Å². The van der Waals surface area contributed by atoms with E-state index >= 15 is 0 Å². The fraction of sp³-hybridized carbons (Fsp3) is 0.300. The quantitative estimate of drug-likeness (QED) is 0.249. The number of aromatic nitrogens is 3. The Kier molecular flexibility index (Phi) is 8.89. The van der Waals surface area contributed by atoms with Gasteiger partial charge in [0.25, 0.3) is 0 Å². The standard InChI is InChI=1S/C30H34N6O4/c1-35(19-20-38-2)17-6-9-27(37)36-18-15-22(21-36)32-30-28-26(14-16-31-29(28)33-34-30)40-25-12-10-24(11-13-25)39-23-7-4-3-5-8-23/h3-14,16,22H,15,17-21H2,1-2H3,(H2,31,32,33,34). The van der Waals surface area contributed by atoms with Crippen molar-refractivity contribution >= 4 is 22.8 Å². The maximum absolute atomic E-state index is 12.7. The van der Waals surface area contributed by atoms with Crippen LogP contribution in [0.4, 0.5) is 5.82 Å². The molecule has 1 aliphatic heterocycles. The molecule has 1 amide bonds. The highest BCUT2D eigenvalue weighted by Crippen LogP contribution is 2.34. The Hall–Kier alpha value is -4.41. The van der Waals surface area contributed by atoms with Gasteiger partial charge in [-0.05, 0) is 49.9 Å². The van der Waals surface area contributed by atoms with Gasteiger partial charge in [-0.3, -0.25) is 9.89 Å². The molecule has 1 fully saturated rings. The van der Waals surface area contributed by atoms with Gasteiger partial charge in [0.1, 0.15) is 28.4 Å². The zero-order valence-corrected chi connectivity index (χ0v) is 22.7. The van der Waals surface area contributed by atoms with Crippen molar-refractivity contribution in [1.82, 2.24) is 25.0 Å². The Bertz CT molecular complexity index is 1420. The molecule has 4 aromatic rings. The number of hydrogen-bond acceptors (Lipinski definition) is 8. The maximum atomic E-state index is 12.7. The molecule has 0 spiro atoms. The summed E-state index contributed by atoms with van der Waals surface area (Å²) < 4.78 is 17.2. The fourth-order valence-electron chi connectivity index (χ4n) is 4.49. The molecule has 0 radical (unpaired) electrons. The van der Waals surface area contributed by atoms with Gasteiger partial charge < -0.3 is 29.3 Å². The maximum Gasteiger partial charge on any atom is 0.246 e. The van der Waals surface area contributed by atoms with Gasteiger partial charge in [0, 0.05) is 57.7 Å². The summed E-state index contributed by atoms with van der Waals surface area (Å²) in [6.07, 6.45) is 6.06. The number of likely N-dealkylation sites (tertiary alicyclic amines) is 1. The third-order valence-electron chi connectivity index (χ3n) is 6.65. The number of amides is 1. The van der Waals surface area contributed by atoms with Crippen LogP contribution in [0.25, 0.3) is 11.0 Å². The molecular formula is C30H34N6O4. The van der Waals surface area contributed by atoms with E-state index in [1.54, 1.807) is 19.4 Å². The smallest absolute Gasteiger partial charge is 0.246 e. The largest absolute Gasteiger partial charge is 0.457 e. The van der Waals surface area contributed by atoms with Crippen molar-refractivity contribution < 1.29 is 19.0 Å². The first-order valence-corrected chi connectivity index (χ1v) is 13.3. The SMILES string of the molecule is COCCN(C)CC=CC(=O)N1CCC(Nc2n[nH]c3nccc(Oc4ccc(Oc5ccccc5)cc4)c23)C1. The highest BCUT2D eigenvalue weighted by molar-refractivity contribution is 5.93. The number of benzene rings is 2. The third-order valence-corrected chi connectivity index (χ3v) is 6.65. The molecule has 10 nitrogen and oxygen atoms in total. The number of methoxy groups -OCH3 is 1. The summed E-state index contributed by atoms with van der Waals surface area (Å²) >= 11 is 0. The molecule has 0 aliphatic carbocycles. The number of ether oxygens (including phenoxy) is 3. The summed E-state index contributed by atoms with van der Waals surface area (Å²) in [7, 11) is 3.68. The fourth-order valence-corrected chi connectivity index (χ4v) is 4.49. The van der Waals surface area contributed by atoms with Crippen LogP contribution in [-0.2, 0) is 9.53 Å². The lowest BCUT2D eigenvalue weighted by atomic mass is 10.2. The topological polar surface area (TPSA) is 105 Å². The molecule has 1 atom stereocenters. The lowest BCUT2D eigenvalue weighted by molar-refractivity contribution is -0.125. The van der Waals surface area contributed by atoms with E-state index in [1.165, 1.54) is 0 Å². The molecule has 40 heavy (non-hydrogen) atoms. The number of H-pyrrole nitrogens is 1. The molecule has 10 heteroatoms. The molecule has 3 heterocycles. The summed E-state index contributed by atoms with van der Waals surface area (Å²) in [6.45, 7) is 3.45. The number of likely N-dealkylation sites (N-methyl/N-ethyl adjacent to an activating group) is 1. The van der Waals surface area contributed by atoms with Gasteiger partial charge in [-0.15, -0.1) is 0 Å². The monoisotopic (exact) mass is 542 g/mol. The van der Waals surface area contributed by atoms with Crippen LogP contribution in [-0.4, -0.2) is 83.9 Å². The molecule has 0 saturated carbocycles. The summed E-state index contributed by atoms with van der Waals surface area (Å²) in [5.41, 5.74) is 0.621.